The molecule has 1 heterocycles. The Labute approximate surface area is 111 Å². The van der Waals surface area contributed by atoms with Gasteiger partial charge in [0.2, 0.25) is 0 Å². The van der Waals surface area contributed by atoms with E-state index in [9.17, 15) is 18.0 Å². The van der Waals surface area contributed by atoms with E-state index < -0.39 is 18.6 Å². The minimum Gasteiger partial charge on any atom is -0.397 e. The minimum atomic E-state index is -4.42. The van der Waals surface area contributed by atoms with Gasteiger partial charge in [0.25, 0.3) is 5.91 Å². The number of alkyl halides is 3. The fraction of sp³-hybridized carbons (Fsp3) is 0.250. The first-order valence-corrected chi connectivity index (χ1v) is 6.20. The van der Waals surface area contributed by atoms with Crippen molar-refractivity contribution < 1.29 is 18.0 Å². The van der Waals surface area contributed by atoms with Gasteiger partial charge in [0.1, 0.15) is 11.4 Å². The van der Waals surface area contributed by atoms with Gasteiger partial charge in [0.05, 0.1) is 5.69 Å². The number of carbonyl (C=O) groups excluding carboxylic acids is 1. The van der Waals surface area contributed by atoms with E-state index in [1.807, 2.05) is 0 Å². The highest BCUT2D eigenvalue weighted by atomic mass is 32.1. The van der Waals surface area contributed by atoms with Gasteiger partial charge in [0, 0.05) is 17.1 Å². The van der Waals surface area contributed by atoms with Crippen molar-refractivity contribution in [3.05, 3.63) is 29.1 Å². The van der Waals surface area contributed by atoms with Gasteiger partial charge in [-0.3, -0.25) is 4.79 Å². The second-order valence-electron chi connectivity index (χ2n) is 4.12. The number of hydrogen-bond donors (Lipinski definition) is 1. The predicted molar refractivity (Wildman–Crippen MR) is 69.3 cm³/mol. The van der Waals surface area contributed by atoms with Crippen molar-refractivity contribution >= 4 is 33.0 Å². The Hall–Kier alpha value is -1.76. The monoisotopic (exact) mass is 288 g/mol. The molecule has 19 heavy (non-hydrogen) atoms. The van der Waals surface area contributed by atoms with Crippen LogP contribution in [-0.2, 0) is 0 Å². The molecule has 0 aliphatic rings. The number of thiophene rings is 1. The fourth-order valence-electron chi connectivity index (χ4n) is 1.74. The molecule has 0 fully saturated rings. The molecule has 7 heteroatoms. The van der Waals surface area contributed by atoms with Crippen LogP contribution >= 0.6 is 11.3 Å². The largest absolute Gasteiger partial charge is 0.406 e. The van der Waals surface area contributed by atoms with E-state index in [-0.39, 0.29) is 10.6 Å². The average Bonchev–Trinajstić information content (AvgIpc) is 2.64. The van der Waals surface area contributed by atoms with Crippen molar-refractivity contribution in [2.45, 2.75) is 6.18 Å². The number of anilines is 1. The first-order valence-electron chi connectivity index (χ1n) is 5.39. The van der Waals surface area contributed by atoms with Crippen LogP contribution in [0.4, 0.5) is 18.9 Å². The number of rotatable bonds is 2. The number of nitrogen functional groups attached to an aromatic ring is 1. The van der Waals surface area contributed by atoms with Crippen LogP contribution in [0.2, 0.25) is 0 Å². The zero-order chi connectivity index (χ0) is 14.2. The molecule has 0 spiro atoms. The summed E-state index contributed by atoms with van der Waals surface area (Å²) in [6, 6.07) is 7.06. The van der Waals surface area contributed by atoms with E-state index in [0.29, 0.717) is 10.3 Å². The quantitative estimate of drug-likeness (QED) is 0.923. The molecule has 1 aromatic carbocycles. The van der Waals surface area contributed by atoms with Crippen LogP contribution in [0, 0.1) is 0 Å². The van der Waals surface area contributed by atoms with Crippen LogP contribution in [0.3, 0.4) is 0 Å². The Morgan fingerprint density at radius 1 is 1.37 bits per heavy atom. The summed E-state index contributed by atoms with van der Waals surface area (Å²) in [6.07, 6.45) is -4.42. The van der Waals surface area contributed by atoms with Gasteiger partial charge in [-0.15, -0.1) is 11.3 Å². The molecule has 1 amide bonds. The summed E-state index contributed by atoms with van der Waals surface area (Å²) < 4.78 is 37.6. The lowest BCUT2D eigenvalue weighted by Gasteiger charge is -2.18. The maximum atomic E-state index is 12.3. The Bertz CT molecular complexity index is 621. The second-order valence-corrected chi connectivity index (χ2v) is 5.17. The van der Waals surface area contributed by atoms with E-state index >= 15 is 0 Å². The third-order valence-electron chi connectivity index (χ3n) is 2.59. The lowest BCUT2D eigenvalue weighted by atomic mass is 10.2. The number of benzene rings is 1. The molecule has 3 nitrogen and oxygen atoms in total. The number of carbonyl (C=O) groups is 1. The van der Waals surface area contributed by atoms with E-state index in [1.54, 1.807) is 24.3 Å². The van der Waals surface area contributed by atoms with E-state index in [4.69, 9.17) is 5.73 Å². The lowest BCUT2D eigenvalue weighted by molar-refractivity contribution is -0.138. The van der Waals surface area contributed by atoms with E-state index in [1.165, 1.54) is 0 Å². The molecule has 0 aliphatic carbocycles. The third-order valence-corrected chi connectivity index (χ3v) is 3.77. The van der Waals surface area contributed by atoms with Gasteiger partial charge in [-0.2, -0.15) is 13.2 Å². The van der Waals surface area contributed by atoms with Gasteiger partial charge >= 0.3 is 6.18 Å². The maximum Gasteiger partial charge on any atom is 0.406 e. The molecular formula is C12H11F3N2OS. The SMILES string of the molecule is CN(CC(F)(F)F)C(=O)c1sc2ccccc2c1N. The normalized spacial score (nSPS) is 11.8. The summed E-state index contributed by atoms with van der Waals surface area (Å²) in [5, 5.41) is 0.691. The molecule has 0 radical (unpaired) electrons. The smallest absolute Gasteiger partial charge is 0.397 e. The minimum absolute atomic E-state index is 0.146. The third kappa shape index (κ3) is 2.81. The molecule has 0 saturated carbocycles. The van der Waals surface area contributed by atoms with Gasteiger partial charge in [-0.05, 0) is 6.07 Å². The van der Waals surface area contributed by atoms with Crippen LogP contribution in [0.15, 0.2) is 24.3 Å². The molecule has 2 N–H and O–H groups in total. The molecule has 102 valence electrons. The van der Waals surface area contributed by atoms with Crippen LogP contribution in [0.5, 0.6) is 0 Å². The van der Waals surface area contributed by atoms with Crippen molar-refractivity contribution in [2.75, 3.05) is 19.3 Å². The molecular weight excluding hydrogens is 277 g/mol. The van der Waals surface area contributed by atoms with E-state index in [2.05, 4.69) is 0 Å². The van der Waals surface area contributed by atoms with Gasteiger partial charge in [-0.25, -0.2) is 0 Å². The van der Waals surface area contributed by atoms with Crippen LogP contribution in [0.25, 0.3) is 10.1 Å². The average molecular weight is 288 g/mol. The first-order chi connectivity index (χ1) is 8.79. The molecule has 2 aromatic rings. The molecule has 0 bridgehead atoms. The Kier molecular flexibility index (Phi) is 3.40. The molecule has 0 unspecified atom stereocenters. The van der Waals surface area contributed by atoms with Gasteiger partial charge in [0.15, 0.2) is 0 Å². The summed E-state index contributed by atoms with van der Waals surface area (Å²) in [6.45, 7) is -1.29. The molecule has 0 saturated heterocycles. The molecule has 1 aromatic heterocycles. The zero-order valence-electron chi connectivity index (χ0n) is 9.99. The lowest BCUT2D eigenvalue weighted by Crippen LogP contribution is -2.35. The number of hydrogen-bond acceptors (Lipinski definition) is 3. The summed E-state index contributed by atoms with van der Waals surface area (Å²) in [5.41, 5.74) is 6.06. The fourth-order valence-corrected chi connectivity index (χ4v) is 2.86. The number of fused-ring (bicyclic) bond motifs is 1. The molecule has 0 aliphatic heterocycles. The Morgan fingerprint density at radius 2 is 2.00 bits per heavy atom. The number of nitrogens with two attached hydrogens (primary N) is 1. The highest BCUT2D eigenvalue weighted by Gasteiger charge is 2.32. The number of halogens is 3. The summed E-state index contributed by atoms with van der Waals surface area (Å²) in [7, 11) is 1.11. The van der Waals surface area contributed by atoms with Crippen LogP contribution < -0.4 is 5.73 Å². The highest BCUT2D eigenvalue weighted by molar-refractivity contribution is 7.21. The summed E-state index contributed by atoms with van der Waals surface area (Å²) in [5.74, 6) is -0.712. The second kappa shape index (κ2) is 4.73. The summed E-state index contributed by atoms with van der Waals surface area (Å²) in [4.78, 5) is 12.7. The standard InChI is InChI=1S/C12H11F3N2OS/c1-17(6-12(13,14)15)11(18)10-9(16)7-4-2-3-5-8(7)19-10/h2-5H,6,16H2,1H3. The maximum absolute atomic E-state index is 12.3. The molecule has 2 rings (SSSR count). The topological polar surface area (TPSA) is 46.3 Å². The van der Waals surface area contributed by atoms with Crippen LogP contribution in [-0.4, -0.2) is 30.6 Å². The Balaban J connectivity index is 2.34. The van der Waals surface area contributed by atoms with E-state index in [0.717, 1.165) is 23.1 Å². The van der Waals surface area contributed by atoms with Gasteiger partial charge < -0.3 is 10.6 Å². The highest BCUT2D eigenvalue weighted by Crippen LogP contribution is 2.34. The van der Waals surface area contributed by atoms with Crippen molar-refractivity contribution in [1.82, 2.24) is 4.90 Å². The molecule has 0 atom stereocenters. The first kappa shape index (κ1) is 13.7. The summed E-state index contributed by atoms with van der Waals surface area (Å²) >= 11 is 1.10. The van der Waals surface area contributed by atoms with Crippen LogP contribution in [0.1, 0.15) is 9.67 Å². The zero-order valence-corrected chi connectivity index (χ0v) is 10.8. The van der Waals surface area contributed by atoms with Crippen molar-refractivity contribution in [1.29, 1.82) is 0 Å². The Morgan fingerprint density at radius 3 is 2.58 bits per heavy atom. The van der Waals surface area contributed by atoms with Crippen molar-refractivity contribution in [3.63, 3.8) is 0 Å². The predicted octanol–water partition coefficient (Wildman–Crippen LogP) is 3.12. The van der Waals surface area contributed by atoms with Crippen molar-refractivity contribution in [2.24, 2.45) is 0 Å². The van der Waals surface area contributed by atoms with Gasteiger partial charge in [-0.1, -0.05) is 18.2 Å². The van der Waals surface area contributed by atoms with Crippen molar-refractivity contribution in [3.8, 4) is 0 Å². The number of amides is 1. The number of nitrogens with zero attached hydrogens (tertiary/aromatic N) is 1.